The minimum atomic E-state index is -0.814. The molecule has 1 atom stereocenters. The summed E-state index contributed by atoms with van der Waals surface area (Å²) in [4.78, 5) is 0. The zero-order valence-electron chi connectivity index (χ0n) is 7.43. The van der Waals surface area contributed by atoms with Crippen molar-refractivity contribution in [2.45, 2.75) is 19.4 Å². The van der Waals surface area contributed by atoms with Gasteiger partial charge in [-0.05, 0) is 17.6 Å². The van der Waals surface area contributed by atoms with Gasteiger partial charge in [-0.3, -0.25) is 0 Å². The summed E-state index contributed by atoms with van der Waals surface area (Å²) in [6.45, 7) is 12.7. The molecule has 0 heterocycles. The van der Waals surface area contributed by atoms with E-state index < -0.39 is 6.10 Å². The van der Waals surface area contributed by atoms with E-state index in [1.54, 1.807) is 0 Å². The predicted molar refractivity (Wildman–Crippen MR) is 52.6 cm³/mol. The van der Waals surface area contributed by atoms with E-state index in [0.29, 0.717) is 5.57 Å². The third-order valence-electron chi connectivity index (χ3n) is 1.43. The van der Waals surface area contributed by atoms with Gasteiger partial charge in [-0.2, -0.15) is 0 Å². The van der Waals surface area contributed by atoms with E-state index in [0.717, 1.165) is 12.0 Å². The molecule has 0 aromatic carbocycles. The van der Waals surface area contributed by atoms with Gasteiger partial charge in [-0.1, -0.05) is 44.6 Å². The number of hydrogen-bond donors (Lipinski definition) is 1. The fraction of sp³-hybridized carbons (Fsp3) is 0.273. The second kappa shape index (κ2) is 5.40. The van der Waals surface area contributed by atoms with E-state index >= 15 is 0 Å². The highest BCUT2D eigenvalue weighted by Crippen LogP contribution is 1.99. The molecule has 0 aliphatic heterocycles. The Bertz CT molecular complexity index is 250. The fourth-order valence-electron chi connectivity index (χ4n) is 0.463. The van der Waals surface area contributed by atoms with Crippen LogP contribution >= 0.6 is 0 Å². The Balaban J connectivity index is 4.21. The van der Waals surface area contributed by atoms with Crippen LogP contribution in [0.1, 0.15) is 13.3 Å². The topological polar surface area (TPSA) is 20.2 Å². The Morgan fingerprint density at radius 3 is 2.58 bits per heavy atom. The average molecular weight is 162 g/mol. The minimum Gasteiger partial charge on any atom is -0.376 e. The molecular weight excluding hydrogens is 148 g/mol. The minimum absolute atomic E-state index is 0.520. The first kappa shape index (κ1) is 10.7. The van der Waals surface area contributed by atoms with E-state index in [-0.39, 0.29) is 0 Å². The fourth-order valence-corrected chi connectivity index (χ4v) is 0.463. The van der Waals surface area contributed by atoms with Crippen LogP contribution in [-0.4, -0.2) is 11.2 Å². The van der Waals surface area contributed by atoms with Crippen molar-refractivity contribution in [1.82, 2.24) is 0 Å². The molecule has 12 heavy (non-hydrogen) atoms. The van der Waals surface area contributed by atoms with Crippen molar-refractivity contribution in [3.8, 4) is 11.8 Å². The van der Waals surface area contributed by atoms with Gasteiger partial charge in [0.25, 0.3) is 0 Å². The average Bonchev–Trinajstić information content (AvgIpc) is 2.11. The molecule has 0 rings (SSSR count). The van der Waals surface area contributed by atoms with Crippen LogP contribution < -0.4 is 0 Å². The Kier molecular flexibility index (Phi) is 4.83. The molecule has 64 valence electrons. The summed E-state index contributed by atoms with van der Waals surface area (Å²) in [6, 6.07) is 0. The molecule has 0 amide bonds. The molecule has 0 saturated heterocycles. The van der Waals surface area contributed by atoms with E-state index in [2.05, 4.69) is 31.6 Å². The third kappa shape index (κ3) is 3.80. The lowest BCUT2D eigenvalue weighted by atomic mass is 10.1. The van der Waals surface area contributed by atoms with Gasteiger partial charge in [0.2, 0.25) is 0 Å². The van der Waals surface area contributed by atoms with Crippen LogP contribution in [0.25, 0.3) is 0 Å². The number of rotatable bonds is 3. The largest absolute Gasteiger partial charge is 0.376 e. The lowest BCUT2D eigenvalue weighted by Crippen LogP contribution is -2.03. The van der Waals surface area contributed by atoms with Gasteiger partial charge in [0.1, 0.15) is 6.10 Å². The molecule has 0 aliphatic rings. The Hall–Kier alpha value is -1.26. The first-order valence-corrected chi connectivity index (χ1v) is 3.80. The maximum absolute atomic E-state index is 9.28. The number of aliphatic hydroxyl groups excluding tert-OH is 1. The highest BCUT2D eigenvalue weighted by atomic mass is 16.3. The van der Waals surface area contributed by atoms with Gasteiger partial charge in [0, 0.05) is 0 Å². The smallest absolute Gasteiger partial charge is 0.140 e. The Morgan fingerprint density at radius 1 is 1.58 bits per heavy atom. The van der Waals surface area contributed by atoms with Crippen molar-refractivity contribution in [3.63, 3.8) is 0 Å². The summed E-state index contributed by atoms with van der Waals surface area (Å²) in [5, 5.41) is 9.28. The third-order valence-corrected chi connectivity index (χ3v) is 1.43. The molecule has 0 aromatic rings. The lowest BCUT2D eigenvalue weighted by molar-refractivity contribution is 0.272. The van der Waals surface area contributed by atoms with Crippen molar-refractivity contribution in [1.29, 1.82) is 0 Å². The van der Waals surface area contributed by atoms with Crippen LogP contribution in [0, 0.1) is 11.8 Å². The highest BCUT2D eigenvalue weighted by Gasteiger charge is 1.98. The van der Waals surface area contributed by atoms with Gasteiger partial charge >= 0.3 is 0 Å². The maximum Gasteiger partial charge on any atom is 0.140 e. The molecule has 0 aromatic heterocycles. The molecule has 0 saturated carbocycles. The zero-order valence-corrected chi connectivity index (χ0v) is 7.43. The van der Waals surface area contributed by atoms with Crippen LogP contribution in [0.4, 0.5) is 0 Å². The Labute approximate surface area is 74.1 Å². The summed E-state index contributed by atoms with van der Waals surface area (Å²) in [5.41, 5.74) is 1.33. The molecule has 0 radical (unpaired) electrons. The molecular formula is C11H14O. The highest BCUT2D eigenvalue weighted by molar-refractivity contribution is 5.33. The lowest BCUT2D eigenvalue weighted by Gasteiger charge is -2.00. The van der Waals surface area contributed by atoms with Gasteiger partial charge in [-0.15, -0.1) is 0 Å². The number of allylic oxidation sites excluding steroid dienone is 1. The molecule has 1 unspecified atom stereocenters. The van der Waals surface area contributed by atoms with E-state index in [1.807, 2.05) is 6.92 Å². The van der Waals surface area contributed by atoms with Crippen molar-refractivity contribution < 1.29 is 5.11 Å². The number of hydrogen-bond acceptors (Lipinski definition) is 1. The SMILES string of the molecule is C=CC(=C)C(O)C#CC(=C)CC. The van der Waals surface area contributed by atoms with E-state index in [4.69, 9.17) is 0 Å². The summed E-state index contributed by atoms with van der Waals surface area (Å²) in [7, 11) is 0. The normalized spacial score (nSPS) is 10.8. The van der Waals surface area contributed by atoms with E-state index in [9.17, 15) is 5.11 Å². The first-order valence-electron chi connectivity index (χ1n) is 3.80. The molecule has 1 nitrogen and oxygen atoms in total. The van der Waals surface area contributed by atoms with Gasteiger partial charge < -0.3 is 5.11 Å². The van der Waals surface area contributed by atoms with Gasteiger partial charge in [0.15, 0.2) is 0 Å². The second-order valence-corrected chi connectivity index (χ2v) is 2.41. The van der Waals surface area contributed by atoms with E-state index in [1.165, 1.54) is 6.08 Å². The summed E-state index contributed by atoms with van der Waals surface area (Å²) in [5.74, 6) is 5.36. The summed E-state index contributed by atoms with van der Waals surface area (Å²) < 4.78 is 0. The Morgan fingerprint density at radius 2 is 2.17 bits per heavy atom. The number of aliphatic hydroxyl groups is 1. The van der Waals surface area contributed by atoms with Crippen LogP contribution in [0.2, 0.25) is 0 Å². The molecule has 0 fully saturated rings. The standard InChI is InChI=1S/C11H14O/c1-5-9(3)7-8-11(12)10(4)6-2/h6,11-12H,2-5H2,1H3. The van der Waals surface area contributed by atoms with Crippen molar-refractivity contribution >= 4 is 0 Å². The van der Waals surface area contributed by atoms with Crippen molar-refractivity contribution in [3.05, 3.63) is 37.0 Å². The first-order chi connectivity index (χ1) is 5.61. The molecule has 0 spiro atoms. The maximum atomic E-state index is 9.28. The van der Waals surface area contributed by atoms with Crippen LogP contribution in [0.15, 0.2) is 37.0 Å². The molecule has 0 bridgehead atoms. The molecule has 1 N–H and O–H groups in total. The van der Waals surface area contributed by atoms with Gasteiger partial charge in [-0.25, -0.2) is 0 Å². The van der Waals surface area contributed by atoms with Crippen molar-refractivity contribution in [2.24, 2.45) is 0 Å². The molecule has 0 aliphatic carbocycles. The quantitative estimate of drug-likeness (QED) is 0.497. The summed E-state index contributed by atoms with van der Waals surface area (Å²) >= 11 is 0. The van der Waals surface area contributed by atoms with Crippen LogP contribution in [0.5, 0.6) is 0 Å². The van der Waals surface area contributed by atoms with Crippen molar-refractivity contribution in [2.75, 3.05) is 0 Å². The van der Waals surface area contributed by atoms with Gasteiger partial charge in [0.05, 0.1) is 0 Å². The van der Waals surface area contributed by atoms with Crippen LogP contribution in [-0.2, 0) is 0 Å². The predicted octanol–water partition coefficient (Wildman–Crippen LogP) is 2.06. The molecule has 1 heteroatoms. The monoisotopic (exact) mass is 162 g/mol. The second-order valence-electron chi connectivity index (χ2n) is 2.41. The summed E-state index contributed by atoms with van der Waals surface area (Å²) in [6.07, 6.45) is 1.49. The van der Waals surface area contributed by atoms with Crippen LogP contribution in [0.3, 0.4) is 0 Å². The zero-order chi connectivity index (χ0) is 9.56.